The van der Waals surface area contributed by atoms with Gasteiger partial charge in [0.05, 0.1) is 6.54 Å². The highest BCUT2D eigenvalue weighted by molar-refractivity contribution is 4.89. The fourth-order valence-corrected chi connectivity index (χ4v) is 0.833. The van der Waals surface area contributed by atoms with Gasteiger partial charge in [-0.3, -0.25) is 5.01 Å². The van der Waals surface area contributed by atoms with Crippen molar-refractivity contribution >= 4 is 0 Å². The van der Waals surface area contributed by atoms with E-state index in [2.05, 4.69) is 30.8 Å². The van der Waals surface area contributed by atoms with E-state index in [1.807, 2.05) is 11.1 Å². The van der Waals surface area contributed by atoms with Crippen LogP contribution >= 0.6 is 0 Å². The first-order valence-electron chi connectivity index (χ1n) is 3.54. The van der Waals surface area contributed by atoms with Crippen molar-refractivity contribution in [2.45, 2.75) is 25.9 Å². The largest absolute Gasteiger partial charge is 0.274 e. The molecule has 0 aliphatic carbocycles. The lowest BCUT2D eigenvalue weighted by Crippen LogP contribution is -2.26. The first-order valence-corrected chi connectivity index (χ1v) is 3.54. The van der Waals surface area contributed by atoms with E-state index >= 15 is 0 Å². The predicted molar refractivity (Wildman–Crippen MR) is 40.7 cm³/mol. The van der Waals surface area contributed by atoms with E-state index in [9.17, 15) is 0 Å². The van der Waals surface area contributed by atoms with Gasteiger partial charge in [0, 0.05) is 6.04 Å². The van der Waals surface area contributed by atoms with E-state index in [1.165, 1.54) is 0 Å². The highest BCUT2D eigenvalue weighted by Crippen LogP contribution is 2.11. The van der Waals surface area contributed by atoms with Crippen molar-refractivity contribution in [2.24, 2.45) is 10.3 Å². The van der Waals surface area contributed by atoms with Gasteiger partial charge in [0.25, 0.3) is 0 Å². The molecule has 1 unspecified atom stereocenters. The van der Waals surface area contributed by atoms with Crippen LogP contribution in [0.3, 0.4) is 0 Å². The summed E-state index contributed by atoms with van der Waals surface area (Å²) in [7, 11) is 0. The molecule has 0 radical (unpaired) electrons. The molecule has 0 aromatic heterocycles. The zero-order valence-electron chi connectivity index (χ0n) is 6.49. The van der Waals surface area contributed by atoms with Crippen molar-refractivity contribution in [2.75, 3.05) is 6.54 Å². The Hall–Kier alpha value is -0.860. The second-order valence-electron chi connectivity index (χ2n) is 2.72. The molecule has 3 heteroatoms. The van der Waals surface area contributed by atoms with Crippen LogP contribution in [-0.4, -0.2) is 23.6 Å². The summed E-state index contributed by atoms with van der Waals surface area (Å²) in [5.41, 5.74) is 0. The molecule has 56 valence electrons. The fourth-order valence-electron chi connectivity index (χ4n) is 0.833. The zero-order chi connectivity index (χ0) is 7.56. The lowest BCUT2D eigenvalue weighted by atomic mass is 10.3. The van der Waals surface area contributed by atoms with E-state index in [1.54, 1.807) is 0 Å². The van der Waals surface area contributed by atoms with Crippen LogP contribution in [0.5, 0.6) is 0 Å². The Bertz CT molecular complexity index is 151. The lowest BCUT2D eigenvalue weighted by Gasteiger charge is -2.16. The monoisotopic (exact) mass is 139 g/mol. The third-order valence-corrected chi connectivity index (χ3v) is 1.56. The van der Waals surface area contributed by atoms with E-state index in [0.29, 0.717) is 6.04 Å². The fraction of sp³-hybridized carbons (Fsp3) is 0.714. The van der Waals surface area contributed by atoms with Gasteiger partial charge in [-0.25, -0.2) is 0 Å². The standard InChI is InChI=1S/C7H13N3/c1-4-7-5-10(6(2)3)9-8-7/h4,6-7H,1,5H2,2-3H3. The van der Waals surface area contributed by atoms with Crippen LogP contribution in [0.2, 0.25) is 0 Å². The van der Waals surface area contributed by atoms with Gasteiger partial charge in [-0.1, -0.05) is 11.3 Å². The van der Waals surface area contributed by atoms with Crippen LogP contribution in [0.1, 0.15) is 13.8 Å². The van der Waals surface area contributed by atoms with Crippen molar-refractivity contribution < 1.29 is 0 Å². The van der Waals surface area contributed by atoms with Gasteiger partial charge in [-0.2, -0.15) is 5.11 Å². The van der Waals surface area contributed by atoms with Crippen LogP contribution in [0.4, 0.5) is 0 Å². The van der Waals surface area contributed by atoms with Crippen LogP contribution in [-0.2, 0) is 0 Å². The molecule has 0 spiro atoms. The van der Waals surface area contributed by atoms with Gasteiger partial charge >= 0.3 is 0 Å². The van der Waals surface area contributed by atoms with Gasteiger partial charge in [0.15, 0.2) is 0 Å². The average Bonchev–Trinajstić information content (AvgIpc) is 2.34. The Morgan fingerprint density at radius 2 is 2.40 bits per heavy atom. The summed E-state index contributed by atoms with van der Waals surface area (Å²) in [6, 6.07) is 0.663. The SMILES string of the molecule is C=CC1CN(C(C)C)N=N1. The Morgan fingerprint density at radius 1 is 1.70 bits per heavy atom. The number of hydrogen-bond acceptors (Lipinski definition) is 3. The summed E-state index contributed by atoms with van der Waals surface area (Å²) in [5, 5.41) is 9.93. The van der Waals surface area contributed by atoms with Gasteiger partial charge < -0.3 is 0 Å². The summed E-state index contributed by atoms with van der Waals surface area (Å²) >= 11 is 0. The second kappa shape index (κ2) is 2.82. The summed E-state index contributed by atoms with van der Waals surface area (Å²) < 4.78 is 0. The Morgan fingerprint density at radius 3 is 2.70 bits per heavy atom. The minimum absolute atomic E-state index is 0.211. The molecule has 1 heterocycles. The average molecular weight is 139 g/mol. The third kappa shape index (κ3) is 1.35. The highest BCUT2D eigenvalue weighted by Gasteiger charge is 2.17. The van der Waals surface area contributed by atoms with E-state index in [-0.39, 0.29) is 6.04 Å². The molecular weight excluding hydrogens is 126 g/mol. The van der Waals surface area contributed by atoms with Crippen molar-refractivity contribution in [3.05, 3.63) is 12.7 Å². The van der Waals surface area contributed by atoms with Crippen LogP contribution in [0.25, 0.3) is 0 Å². The van der Waals surface area contributed by atoms with E-state index < -0.39 is 0 Å². The molecule has 0 aromatic carbocycles. The maximum atomic E-state index is 3.99. The first kappa shape index (κ1) is 7.25. The third-order valence-electron chi connectivity index (χ3n) is 1.56. The molecule has 1 aliphatic rings. The van der Waals surface area contributed by atoms with Crippen LogP contribution < -0.4 is 0 Å². The quantitative estimate of drug-likeness (QED) is 0.534. The molecule has 0 fully saturated rings. The Kier molecular flexibility index (Phi) is 2.04. The molecule has 3 nitrogen and oxygen atoms in total. The number of nitrogens with zero attached hydrogens (tertiary/aromatic N) is 3. The smallest absolute Gasteiger partial charge is 0.110 e. The molecule has 1 rings (SSSR count). The molecule has 0 amide bonds. The van der Waals surface area contributed by atoms with Crippen molar-refractivity contribution in [1.82, 2.24) is 5.01 Å². The summed E-state index contributed by atoms with van der Waals surface area (Å²) in [5.74, 6) is 0. The van der Waals surface area contributed by atoms with Gasteiger partial charge in [-0.15, -0.1) is 6.58 Å². The molecule has 1 aliphatic heterocycles. The zero-order valence-corrected chi connectivity index (χ0v) is 6.49. The van der Waals surface area contributed by atoms with Crippen molar-refractivity contribution in [3.8, 4) is 0 Å². The Balaban J connectivity index is 2.45. The minimum atomic E-state index is 0.211. The predicted octanol–water partition coefficient (Wildman–Crippen LogP) is 1.63. The first-order chi connectivity index (χ1) is 4.74. The molecule has 1 atom stereocenters. The summed E-state index contributed by atoms with van der Waals surface area (Å²) in [6.45, 7) is 8.75. The number of hydrogen-bond donors (Lipinski definition) is 0. The molecule has 0 bridgehead atoms. The molecule has 10 heavy (non-hydrogen) atoms. The molecule has 0 saturated carbocycles. The molecule has 0 aromatic rings. The second-order valence-corrected chi connectivity index (χ2v) is 2.72. The Labute approximate surface area is 61.4 Å². The van der Waals surface area contributed by atoms with E-state index in [0.717, 1.165) is 6.54 Å². The van der Waals surface area contributed by atoms with Crippen molar-refractivity contribution in [1.29, 1.82) is 0 Å². The van der Waals surface area contributed by atoms with Gasteiger partial charge in [-0.05, 0) is 13.8 Å². The normalized spacial score (nSPS) is 24.3. The topological polar surface area (TPSA) is 28.0 Å². The lowest BCUT2D eigenvalue weighted by molar-refractivity contribution is 0.254. The van der Waals surface area contributed by atoms with Crippen LogP contribution in [0, 0.1) is 0 Å². The van der Waals surface area contributed by atoms with Crippen molar-refractivity contribution in [3.63, 3.8) is 0 Å². The summed E-state index contributed by atoms with van der Waals surface area (Å²) in [6.07, 6.45) is 1.83. The number of rotatable bonds is 2. The van der Waals surface area contributed by atoms with Gasteiger partial charge in [0.2, 0.25) is 0 Å². The molecular formula is C7H13N3. The molecule has 0 N–H and O–H groups in total. The minimum Gasteiger partial charge on any atom is -0.274 e. The van der Waals surface area contributed by atoms with Gasteiger partial charge in [0.1, 0.15) is 6.04 Å². The summed E-state index contributed by atoms with van der Waals surface area (Å²) in [4.78, 5) is 0. The maximum absolute atomic E-state index is 3.99. The maximum Gasteiger partial charge on any atom is 0.110 e. The van der Waals surface area contributed by atoms with E-state index in [4.69, 9.17) is 0 Å². The van der Waals surface area contributed by atoms with Crippen LogP contribution in [0.15, 0.2) is 23.0 Å². The molecule has 0 saturated heterocycles. The highest BCUT2D eigenvalue weighted by atomic mass is 15.6.